The van der Waals surface area contributed by atoms with E-state index in [1.165, 1.54) is 6.26 Å². The maximum Gasteiger partial charge on any atom is 0.310 e. The van der Waals surface area contributed by atoms with Gasteiger partial charge in [0.2, 0.25) is 0 Å². The fourth-order valence-corrected chi connectivity index (χ4v) is 0.657. The summed E-state index contributed by atoms with van der Waals surface area (Å²) in [5.74, 6) is -0.158. The van der Waals surface area contributed by atoms with Crippen molar-refractivity contribution in [3.05, 3.63) is 24.5 Å². The van der Waals surface area contributed by atoms with Gasteiger partial charge in [-0.1, -0.05) is 19.1 Å². The van der Waals surface area contributed by atoms with E-state index in [1.54, 1.807) is 0 Å². The van der Waals surface area contributed by atoms with E-state index < -0.39 is 0 Å². The predicted octanol–water partition coefficient (Wildman–Crippen LogP) is 2.81. The van der Waals surface area contributed by atoms with E-state index in [0.717, 1.165) is 12.8 Å². The minimum atomic E-state index is -0.158. The van der Waals surface area contributed by atoms with Gasteiger partial charge in [-0.25, -0.2) is 0 Å². The number of hydrogen-bond acceptors (Lipinski definition) is 2. The lowest BCUT2D eigenvalue weighted by atomic mass is 10.3. The van der Waals surface area contributed by atoms with Gasteiger partial charge in [-0.2, -0.15) is 0 Å². The summed E-state index contributed by atoms with van der Waals surface area (Å²) in [7, 11) is 0. The van der Waals surface area contributed by atoms with Gasteiger partial charge >= 0.3 is 5.97 Å². The van der Waals surface area contributed by atoms with Crippen LogP contribution in [-0.4, -0.2) is 5.97 Å². The van der Waals surface area contributed by atoms with Crippen molar-refractivity contribution < 1.29 is 9.53 Å². The molecule has 12 heavy (non-hydrogen) atoms. The zero-order valence-corrected chi connectivity index (χ0v) is 7.75. The molecule has 0 unspecified atom stereocenters. The first-order chi connectivity index (χ1) is 5.81. The third-order valence-electron chi connectivity index (χ3n) is 1.26. The van der Waals surface area contributed by atoms with Crippen LogP contribution in [-0.2, 0) is 9.53 Å². The molecule has 0 bridgehead atoms. The second kappa shape index (κ2) is 8.05. The third kappa shape index (κ3) is 7.06. The quantitative estimate of drug-likeness (QED) is 0.358. The van der Waals surface area contributed by atoms with Gasteiger partial charge in [0.25, 0.3) is 0 Å². The Labute approximate surface area is 73.9 Å². The van der Waals surface area contributed by atoms with Crippen LogP contribution in [0.1, 0.15) is 33.1 Å². The summed E-state index contributed by atoms with van der Waals surface area (Å²) in [5, 5.41) is 0. The van der Waals surface area contributed by atoms with Crippen LogP contribution in [0.15, 0.2) is 24.5 Å². The molecular weight excluding hydrogens is 152 g/mol. The molecule has 0 aliphatic rings. The Morgan fingerprint density at radius 1 is 1.42 bits per heavy atom. The Balaban J connectivity index is 3.39. The molecule has 0 aliphatic carbocycles. The van der Waals surface area contributed by atoms with Crippen LogP contribution in [0.4, 0.5) is 0 Å². The summed E-state index contributed by atoms with van der Waals surface area (Å²) >= 11 is 0. The van der Waals surface area contributed by atoms with E-state index in [4.69, 9.17) is 4.74 Å². The van der Waals surface area contributed by atoms with Gasteiger partial charge < -0.3 is 4.74 Å². The average molecular weight is 168 g/mol. The molecule has 0 amide bonds. The Kier molecular flexibility index (Phi) is 7.35. The molecule has 2 nitrogen and oxygen atoms in total. The Hall–Kier alpha value is -1.05. The first-order valence-corrected chi connectivity index (χ1v) is 4.27. The van der Waals surface area contributed by atoms with E-state index in [9.17, 15) is 4.79 Å². The van der Waals surface area contributed by atoms with Gasteiger partial charge in [-0.15, -0.1) is 0 Å². The third-order valence-corrected chi connectivity index (χ3v) is 1.26. The topological polar surface area (TPSA) is 26.3 Å². The van der Waals surface area contributed by atoms with Crippen LogP contribution in [0.2, 0.25) is 0 Å². The summed E-state index contributed by atoms with van der Waals surface area (Å²) in [4.78, 5) is 10.8. The van der Waals surface area contributed by atoms with Crippen molar-refractivity contribution in [2.45, 2.75) is 33.1 Å². The predicted molar refractivity (Wildman–Crippen MR) is 49.6 cm³/mol. The molecule has 0 aromatic carbocycles. The molecule has 0 saturated heterocycles. The minimum absolute atomic E-state index is 0.158. The molecular formula is C10H16O2. The minimum Gasteiger partial charge on any atom is -0.435 e. The van der Waals surface area contributed by atoms with E-state index in [2.05, 4.69) is 0 Å². The van der Waals surface area contributed by atoms with E-state index in [1.807, 2.05) is 32.1 Å². The summed E-state index contributed by atoms with van der Waals surface area (Å²) in [6, 6.07) is 0. The monoisotopic (exact) mass is 168 g/mol. The molecule has 2 heteroatoms. The molecule has 0 N–H and O–H groups in total. The lowest BCUT2D eigenvalue weighted by Crippen LogP contribution is -1.97. The molecule has 0 rings (SSSR count). The van der Waals surface area contributed by atoms with Crippen molar-refractivity contribution in [3.63, 3.8) is 0 Å². The van der Waals surface area contributed by atoms with Crippen molar-refractivity contribution in [2.24, 2.45) is 0 Å². The first kappa shape index (κ1) is 11.0. The maximum atomic E-state index is 10.8. The van der Waals surface area contributed by atoms with Crippen LogP contribution in [0.5, 0.6) is 0 Å². The van der Waals surface area contributed by atoms with Gasteiger partial charge in [0.05, 0.1) is 6.26 Å². The molecule has 68 valence electrons. The van der Waals surface area contributed by atoms with Gasteiger partial charge in [-0.3, -0.25) is 4.79 Å². The molecule has 0 fully saturated rings. The van der Waals surface area contributed by atoms with E-state index >= 15 is 0 Å². The molecule has 0 aromatic heterocycles. The number of carbonyl (C=O) groups excluding carboxylic acids is 1. The number of rotatable bonds is 5. The zero-order valence-electron chi connectivity index (χ0n) is 7.75. The van der Waals surface area contributed by atoms with Crippen molar-refractivity contribution in [1.29, 1.82) is 0 Å². The summed E-state index contributed by atoms with van der Waals surface area (Å²) in [6.45, 7) is 3.90. The largest absolute Gasteiger partial charge is 0.435 e. The smallest absolute Gasteiger partial charge is 0.310 e. The van der Waals surface area contributed by atoms with Crippen molar-refractivity contribution in [1.82, 2.24) is 0 Å². The van der Waals surface area contributed by atoms with Crippen LogP contribution in [0.3, 0.4) is 0 Å². The highest BCUT2D eigenvalue weighted by Gasteiger charge is 1.95. The molecule has 0 atom stereocenters. The van der Waals surface area contributed by atoms with Crippen LogP contribution < -0.4 is 0 Å². The van der Waals surface area contributed by atoms with Gasteiger partial charge in [0.1, 0.15) is 0 Å². The van der Waals surface area contributed by atoms with Crippen LogP contribution in [0, 0.1) is 0 Å². The van der Waals surface area contributed by atoms with Crippen molar-refractivity contribution in [2.75, 3.05) is 0 Å². The fraction of sp³-hybridized carbons (Fsp3) is 0.500. The molecule has 0 heterocycles. The maximum absolute atomic E-state index is 10.8. The number of esters is 1. The summed E-state index contributed by atoms with van der Waals surface area (Å²) in [6.07, 6.45) is 9.36. The van der Waals surface area contributed by atoms with Crippen molar-refractivity contribution in [3.8, 4) is 0 Å². The lowest BCUT2D eigenvalue weighted by Gasteiger charge is -1.94. The molecule has 0 aromatic rings. The SMILES string of the molecule is CC=CCC=COC(=O)CCC. The number of allylic oxidation sites excluding steroid dienone is 3. The average Bonchev–Trinajstić information content (AvgIpc) is 2.05. The van der Waals surface area contributed by atoms with Crippen molar-refractivity contribution >= 4 is 5.97 Å². The second-order valence-corrected chi connectivity index (χ2v) is 2.42. The second-order valence-electron chi connectivity index (χ2n) is 2.42. The van der Waals surface area contributed by atoms with E-state index in [-0.39, 0.29) is 5.97 Å². The Morgan fingerprint density at radius 2 is 2.17 bits per heavy atom. The van der Waals surface area contributed by atoms with Gasteiger partial charge in [0, 0.05) is 6.42 Å². The number of carbonyl (C=O) groups is 1. The summed E-state index contributed by atoms with van der Waals surface area (Å²) in [5.41, 5.74) is 0. The molecule has 0 radical (unpaired) electrons. The van der Waals surface area contributed by atoms with Gasteiger partial charge in [0.15, 0.2) is 0 Å². The molecule has 0 spiro atoms. The fourth-order valence-electron chi connectivity index (χ4n) is 0.657. The van der Waals surface area contributed by atoms with Crippen LogP contribution in [0.25, 0.3) is 0 Å². The lowest BCUT2D eigenvalue weighted by molar-refractivity contribution is -0.138. The van der Waals surface area contributed by atoms with E-state index in [0.29, 0.717) is 6.42 Å². The summed E-state index contributed by atoms with van der Waals surface area (Å²) < 4.78 is 4.78. The highest BCUT2D eigenvalue weighted by atomic mass is 16.5. The number of ether oxygens (including phenoxy) is 1. The molecule has 0 aliphatic heterocycles. The Bertz CT molecular complexity index is 169. The highest BCUT2D eigenvalue weighted by Crippen LogP contribution is 1.93. The van der Waals surface area contributed by atoms with Crippen LogP contribution >= 0.6 is 0 Å². The zero-order chi connectivity index (χ0) is 9.23. The Morgan fingerprint density at radius 3 is 2.75 bits per heavy atom. The van der Waals surface area contributed by atoms with Gasteiger partial charge in [-0.05, 0) is 25.8 Å². The normalized spacial score (nSPS) is 11.2. The molecule has 0 saturated carbocycles. The first-order valence-electron chi connectivity index (χ1n) is 4.27. The highest BCUT2D eigenvalue weighted by molar-refractivity contribution is 5.69. The number of hydrogen-bond donors (Lipinski definition) is 0. The standard InChI is InChI=1S/C10H16O2/c1-3-5-6-7-9-12-10(11)8-4-2/h3,5,7,9H,4,6,8H2,1-2H3.